The number of thiophene rings is 1. The van der Waals surface area contributed by atoms with E-state index in [-0.39, 0.29) is 5.97 Å². The average Bonchev–Trinajstić information content (AvgIpc) is 3.25. The van der Waals surface area contributed by atoms with Crippen molar-refractivity contribution in [2.75, 3.05) is 11.9 Å². The molecule has 0 bridgehead atoms. The minimum atomic E-state index is -0.308. The zero-order valence-electron chi connectivity index (χ0n) is 17.7. The first kappa shape index (κ1) is 21.0. The second-order valence-electron chi connectivity index (χ2n) is 7.30. The van der Waals surface area contributed by atoms with Crippen molar-refractivity contribution in [1.82, 2.24) is 9.97 Å². The fraction of sp³-hybridized carbons (Fsp3) is 0.240. The normalized spacial score (nSPS) is 10.9. The molecule has 0 amide bonds. The first-order valence-electron chi connectivity index (χ1n) is 10.5. The Balaban J connectivity index is 1.64. The Kier molecular flexibility index (Phi) is 6.57. The van der Waals surface area contributed by atoms with Gasteiger partial charge in [0.25, 0.3) is 0 Å². The summed E-state index contributed by atoms with van der Waals surface area (Å²) in [6, 6.07) is 15.9. The maximum absolute atomic E-state index is 12.3. The van der Waals surface area contributed by atoms with E-state index in [1.165, 1.54) is 5.56 Å². The average molecular weight is 432 g/mol. The maximum atomic E-state index is 12.3. The van der Waals surface area contributed by atoms with Gasteiger partial charge in [0.15, 0.2) is 0 Å². The van der Waals surface area contributed by atoms with E-state index in [1.807, 2.05) is 12.1 Å². The number of rotatable bonds is 8. The van der Waals surface area contributed by atoms with Crippen molar-refractivity contribution in [3.63, 3.8) is 0 Å². The number of aryl methyl sites for hydroxylation is 1. The predicted octanol–water partition coefficient (Wildman–Crippen LogP) is 6.62. The van der Waals surface area contributed by atoms with Crippen LogP contribution in [-0.2, 0) is 11.2 Å². The van der Waals surface area contributed by atoms with E-state index in [2.05, 4.69) is 58.8 Å². The fourth-order valence-corrected chi connectivity index (χ4v) is 4.27. The second-order valence-corrected chi connectivity index (χ2v) is 8.16. The number of unbranched alkanes of at least 4 members (excludes halogenated alkanes) is 1. The van der Waals surface area contributed by atoms with Crippen molar-refractivity contribution in [2.24, 2.45) is 0 Å². The van der Waals surface area contributed by atoms with Gasteiger partial charge in [0.05, 0.1) is 17.6 Å². The van der Waals surface area contributed by atoms with E-state index in [0.717, 1.165) is 52.1 Å². The first-order chi connectivity index (χ1) is 15.2. The number of benzene rings is 2. The minimum absolute atomic E-state index is 0.308. The molecule has 0 fully saturated rings. The standard InChI is InChI=1S/C25H25N3O2S/c1-3-5-13-30-25(29)19-7-6-8-20(14-19)28-23-22-21(15-31-24(22)27-16-26-23)18-11-9-17(4-2)10-12-18/h6-12,14-16H,3-5,13H2,1-2H3,(H,26,27,28). The largest absolute Gasteiger partial charge is 0.462 e. The number of fused-ring (bicyclic) bond motifs is 1. The lowest BCUT2D eigenvalue weighted by atomic mass is 10.0. The van der Waals surface area contributed by atoms with E-state index in [4.69, 9.17) is 4.74 Å². The highest BCUT2D eigenvalue weighted by Crippen LogP contribution is 2.37. The summed E-state index contributed by atoms with van der Waals surface area (Å²) in [5.74, 6) is 0.412. The number of aromatic nitrogens is 2. The molecule has 2 aromatic heterocycles. The van der Waals surface area contributed by atoms with E-state index < -0.39 is 0 Å². The molecule has 4 aromatic rings. The van der Waals surface area contributed by atoms with Crippen LogP contribution in [0.2, 0.25) is 0 Å². The number of ether oxygens (including phenoxy) is 1. The molecule has 4 rings (SSSR count). The summed E-state index contributed by atoms with van der Waals surface area (Å²) in [4.78, 5) is 22.2. The number of esters is 1. The molecule has 0 spiro atoms. The number of hydrogen-bond acceptors (Lipinski definition) is 6. The summed E-state index contributed by atoms with van der Waals surface area (Å²) in [6.07, 6.45) is 4.43. The van der Waals surface area contributed by atoms with Crippen LogP contribution in [0.4, 0.5) is 11.5 Å². The summed E-state index contributed by atoms with van der Waals surface area (Å²) in [7, 11) is 0. The Hall–Kier alpha value is -3.25. The lowest BCUT2D eigenvalue weighted by molar-refractivity contribution is 0.0500. The summed E-state index contributed by atoms with van der Waals surface area (Å²) in [6.45, 7) is 4.66. The molecule has 0 saturated heterocycles. The number of carbonyl (C=O) groups is 1. The van der Waals surface area contributed by atoms with Gasteiger partial charge in [0, 0.05) is 16.6 Å². The molecule has 0 unspecified atom stereocenters. The fourth-order valence-electron chi connectivity index (χ4n) is 3.36. The van der Waals surface area contributed by atoms with Crippen molar-refractivity contribution >= 4 is 39.0 Å². The van der Waals surface area contributed by atoms with Crippen molar-refractivity contribution in [1.29, 1.82) is 0 Å². The van der Waals surface area contributed by atoms with E-state index in [0.29, 0.717) is 12.2 Å². The molecule has 0 aliphatic rings. The molecular formula is C25H25N3O2S. The number of nitrogens with one attached hydrogen (secondary N) is 1. The molecule has 31 heavy (non-hydrogen) atoms. The van der Waals surface area contributed by atoms with Crippen LogP contribution < -0.4 is 5.32 Å². The van der Waals surface area contributed by atoms with Crippen LogP contribution in [0.5, 0.6) is 0 Å². The molecule has 158 valence electrons. The SMILES string of the molecule is CCCCOC(=O)c1cccc(Nc2ncnc3scc(-c4ccc(CC)cc4)c23)c1. The highest BCUT2D eigenvalue weighted by Gasteiger charge is 2.14. The molecule has 2 heterocycles. The van der Waals surface area contributed by atoms with E-state index >= 15 is 0 Å². The Labute approximate surface area is 186 Å². The highest BCUT2D eigenvalue weighted by molar-refractivity contribution is 7.17. The number of anilines is 2. The van der Waals surface area contributed by atoms with Crippen LogP contribution in [0.1, 0.15) is 42.6 Å². The summed E-state index contributed by atoms with van der Waals surface area (Å²) >= 11 is 1.60. The van der Waals surface area contributed by atoms with Crippen LogP contribution in [0.3, 0.4) is 0 Å². The molecule has 0 radical (unpaired) electrons. The topological polar surface area (TPSA) is 64.1 Å². The molecule has 5 nitrogen and oxygen atoms in total. The zero-order chi connectivity index (χ0) is 21.6. The Morgan fingerprint density at radius 3 is 2.71 bits per heavy atom. The second kappa shape index (κ2) is 9.71. The Morgan fingerprint density at radius 2 is 1.94 bits per heavy atom. The van der Waals surface area contributed by atoms with Gasteiger partial charge in [0.1, 0.15) is 17.0 Å². The van der Waals surface area contributed by atoms with Gasteiger partial charge in [-0.2, -0.15) is 0 Å². The molecule has 0 atom stereocenters. The molecule has 2 aromatic carbocycles. The highest BCUT2D eigenvalue weighted by atomic mass is 32.1. The lowest BCUT2D eigenvalue weighted by Crippen LogP contribution is -2.06. The van der Waals surface area contributed by atoms with Gasteiger partial charge in [0.2, 0.25) is 0 Å². The van der Waals surface area contributed by atoms with Crippen LogP contribution in [0.25, 0.3) is 21.3 Å². The smallest absolute Gasteiger partial charge is 0.338 e. The molecule has 0 saturated carbocycles. The number of nitrogens with zero attached hydrogens (tertiary/aromatic N) is 2. The van der Waals surface area contributed by atoms with Crippen molar-refractivity contribution < 1.29 is 9.53 Å². The maximum Gasteiger partial charge on any atom is 0.338 e. The van der Waals surface area contributed by atoms with Crippen molar-refractivity contribution in [2.45, 2.75) is 33.1 Å². The van der Waals surface area contributed by atoms with Crippen molar-refractivity contribution in [3.8, 4) is 11.1 Å². The van der Waals surface area contributed by atoms with Crippen LogP contribution in [-0.4, -0.2) is 22.5 Å². The van der Waals surface area contributed by atoms with Gasteiger partial charge in [-0.25, -0.2) is 14.8 Å². The van der Waals surface area contributed by atoms with Gasteiger partial charge in [-0.3, -0.25) is 0 Å². The number of hydrogen-bond donors (Lipinski definition) is 1. The molecule has 6 heteroatoms. The van der Waals surface area contributed by atoms with Crippen LogP contribution >= 0.6 is 11.3 Å². The zero-order valence-corrected chi connectivity index (χ0v) is 18.5. The summed E-state index contributed by atoms with van der Waals surface area (Å²) in [5, 5.41) is 6.47. The predicted molar refractivity (Wildman–Crippen MR) is 127 cm³/mol. The molecule has 0 aliphatic carbocycles. The van der Waals surface area contributed by atoms with Gasteiger partial charge >= 0.3 is 5.97 Å². The lowest BCUT2D eigenvalue weighted by Gasteiger charge is -2.10. The third-order valence-corrected chi connectivity index (χ3v) is 6.02. The summed E-state index contributed by atoms with van der Waals surface area (Å²) < 4.78 is 5.34. The van der Waals surface area contributed by atoms with Gasteiger partial charge < -0.3 is 10.1 Å². The van der Waals surface area contributed by atoms with Crippen LogP contribution in [0, 0.1) is 0 Å². The quantitative estimate of drug-likeness (QED) is 0.251. The Bertz CT molecular complexity index is 1190. The molecule has 0 aliphatic heterocycles. The molecule has 1 N–H and O–H groups in total. The van der Waals surface area contributed by atoms with E-state index in [1.54, 1.807) is 29.8 Å². The summed E-state index contributed by atoms with van der Waals surface area (Å²) in [5.41, 5.74) is 4.84. The third-order valence-electron chi connectivity index (χ3n) is 5.14. The van der Waals surface area contributed by atoms with Crippen molar-refractivity contribution in [3.05, 3.63) is 71.4 Å². The van der Waals surface area contributed by atoms with Gasteiger partial charge in [-0.1, -0.05) is 50.6 Å². The number of carbonyl (C=O) groups excluding carboxylic acids is 1. The minimum Gasteiger partial charge on any atom is -0.462 e. The van der Waals surface area contributed by atoms with E-state index in [9.17, 15) is 4.79 Å². The Morgan fingerprint density at radius 1 is 1.10 bits per heavy atom. The molecular weight excluding hydrogens is 406 g/mol. The van der Waals surface area contributed by atoms with Gasteiger partial charge in [-0.15, -0.1) is 11.3 Å². The van der Waals surface area contributed by atoms with Gasteiger partial charge in [-0.05, 0) is 42.2 Å². The third kappa shape index (κ3) is 4.75. The van der Waals surface area contributed by atoms with Crippen LogP contribution in [0.15, 0.2) is 60.2 Å². The monoisotopic (exact) mass is 431 g/mol. The first-order valence-corrected chi connectivity index (χ1v) is 11.4.